The molecule has 2 fully saturated rings. The highest BCUT2D eigenvalue weighted by Gasteiger charge is 2.74. The van der Waals surface area contributed by atoms with Gasteiger partial charge in [0.1, 0.15) is 18.6 Å². The first-order chi connectivity index (χ1) is 19.4. The summed E-state index contributed by atoms with van der Waals surface area (Å²) in [5.74, 6) is -4.20. The fourth-order valence-corrected chi connectivity index (χ4v) is 6.24. The average Bonchev–Trinajstić information content (AvgIpc) is 3.22. The van der Waals surface area contributed by atoms with Crippen LogP contribution in [0.1, 0.15) is 36.7 Å². The third kappa shape index (κ3) is 5.47. The predicted molar refractivity (Wildman–Crippen MR) is 142 cm³/mol. The Morgan fingerprint density at radius 3 is 2.32 bits per heavy atom. The highest BCUT2D eigenvalue weighted by Crippen LogP contribution is 2.53. The second-order valence-corrected chi connectivity index (χ2v) is 10.8. The molecule has 0 aliphatic carbocycles. The van der Waals surface area contributed by atoms with Crippen LogP contribution in [0.25, 0.3) is 0 Å². The second kappa shape index (κ2) is 11.6. The highest BCUT2D eigenvalue weighted by molar-refractivity contribution is 8.01. The summed E-state index contributed by atoms with van der Waals surface area (Å²) in [5, 5.41) is 0.806. The molecule has 2 aromatic rings. The van der Waals surface area contributed by atoms with E-state index in [1.54, 1.807) is 37.3 Å². The minimum absolute atomic E-state index is 0.0921. The van der Waals surface area contributed by atoms with Crippen LogP contribution in [0.5, 0.6) is 11.5 Å². The normalized spacial score (nSPS) is 24.4. The van der Waals surface area contributed by atoms with E-state index in [1.165, 1.54) is 17.0 Å². The Bertz CT molecular complexity index is 1400. The number of nitrogens with one attached hydrogen (secondary N) is 1. The molecule has 13 nitrogen and oxygen atoms in total. The Morgan fingerprint density at radius 2 is 1.68 bits per heavy atom. The maximum atomic E-state index is 13.7. The Balaban J connectivity index is 1.61. The standard InChI is InChI=1S/C27H27N3O10S/c1-15-26(25(36)37-12-18-7-5-4-6-8-18,30-23(35)27(28,29-14-31)24(30)41-15)13-38-22(34)19-9-10-20(39-16(2)32)21(11-19)40-17(3)33/h4-11,14-15,24H,12-13,28H2,1-3H3,(H,29,31)/t15-,24-,26-,27+/m1/s1. The third-order valence-corrected chi connectivity index (χ3v) is 8.24. The quantitative estimate of drug-likeness (QED) is 0.132. The number of rotatable bonds is 10. The molecule has 3 N–H and O–H groups in total. The number of carbonyl (C=O) groups excluding carboxylic acids is 6. The molecule has 216 valence electrons. The fraction of sp³-hybridized carbons (Fsp3) is 0.333. The van der Waals surface area contributed by atoms with Gasteiger partial charge in [0.2, 0.25) is 6.41 Å². The number of ether oxygens (including phenoxy) is 4. The van der Waals surface area contributed by atoms with Crippen LogP contribution in [-0.2, 0) is 40.1 Å². The average molecular weight is 586 g/mol. The van der Waals surface area contributed by atoms with Crippen molar-refractivity contribution in [3.8, 4) is 11.5 Å². The van der Waals surface area contributed by atoms with Gasteiger partial charge in [-0.05, 0) is 23.8 Å². The molecule has 2 aliphatic heterocycles. The molecule has 4 rings (SSSR count). The van der Waals surface area contributed by atoms with Gasteiger partial charge in [0.15, 0.2) is 22.7 Å². The molecule has 0 radical (unpaired) electrons. The van der Waals surface area contributed by atoms with E-state index in [0.717, 1.165) is 31.7 Å². The summed E-state index contributed by atoms with van der Waals surface area (Å²) < 4.78 is 21.2. The van der Waals surface area contributed by atoms with E-state index in [1.807, 2.05) is 0 Å². The van der Waals surface area contributed by atoms with E-state index >= 15 is 0 Å². The van der Waals surface area contributed by atoms with Crippen LogP contribution in [-0.4, -0.2) is 69.5 Å². The molecular formula is C27H27N3O10S. The van der Waals surface area contributed by atoms with Gasteiger partial charge in [-0.3, -0.25) is 24.9 Å². The van der Waals surface area contributed by atoms with E-state index < -0.39 is 58.2 Å². The lowest BCUT2D eigenvalue weighted by atomic mass is 9.86. The van der Waals surface area contributed by atoms with Crippen molar-refractivity contribution in [2.75, 3.05) is 6.61 Å². The van der Waals surface area contributed by atoms with Gasteiger partial charge in [0.25, 0.3) is 5.91 Å². The molecule has 2 saturated heterocycles. The van der Waals surface area contributed by atoms with Crippen LogP contribution in [0.3, 0.4) is 0 Å². The molecule has 2 amide bonds. The molecule has 0 unspecified atom stereocenters. The van der Waals surface area contributed by atoms with Crippen molar-refractivity contribution in [3.63, 3.8) is 0 Å². The number of β-lactam (4-membered cyclic amide) rings is 1. The Hall–Kier alpha value is -4.43. The Kier molecular flexibility index (Phi) is 8.35. The molecule has 0 spiro atoms. The zero-order valence-electron chi connectivity index (χ0n) is 22.3. The predicted octanol–water partition coefficient (Wildman–Crippen LogP) is 0.881. The van der Waals surface area contributed by atoms with Crippen molar-refractivity contribution in [2.24, 2.45) is 5.73 Å². The van der Waals surface area contributed by atoms with Gasteiger partial charge in [-0.25, -0.2) is 9.59 Å². The Morgan fingerprint density at radius 1 is 1.02 bits per heavy atom. The number of carbonyl (C=O) groups is 6. The van der Waals surface area contributed by atoms with Gasteiger partial charge >= 0.3 is 23.9 Å². The van der Waals surface area contributed by atoms with Gasteiger partial charge in [-0.1, -0.05) is 37.3 Å². The third-order valence-electron chi connectivity index (χ3n) is 6.61. The number of thioether (sulfide) groups is 1. The number of hydrogen-bond acceptors (Lipinski definition) is 12. The monoisotopic (exact) mass is 585 g/mol. The number of nitrogens with zero attached hydrogens (tertiary/aromatic N) is 1. The summed E-state index contributed by atoms with van der Waals surface area (Å²) in [6.07, 6.45) is 0.300. The first-order valence-electron chi connectivity index (χ1n) is 12.3. The molecular weight excluding hydrogens is 558 g/mol. The molecule has 0 bridgehead atoms. The number of hydrogen-bond donors (Lipinski definition) is 2. The van der Waals surface area contributed by atoms with Crippen molar-refractivity contribution in [1.82, 2.24) is 10.2 Å². The molecule has 4 atom stereocenters. The second-order valence-electron chi connectivity index (χ2n) is 9.35. The van der Waals surface area contributed by atoms with Crippen molar-refractivity contribution in [2.45, 2.75) is 49.2 Å². The first-order valence-corrected chi connectivity index (χ1v) is 13.3. The van der Waals surface area contributed by atoms with Gasteiger partial charge < -0.3 is 29.2 Å². The van der Waals surface area contributed by atoms with E-state index in [-0.39, 0.29) is 23.7 Å². The number of amides is 2. The molecule has 2 heterocycles. The Labute approximate surface area is 238 Å². The largest absolute Gasteiger partial charge is 0.459 e. The number of fused-ring (bicyclic) bond motifs is 1. The summed E-state index contributed by atoms with van der Waals surface area (Å²) in [6, 6.07) is 12.5. The zero-order chi connectivity index (χ0) is 29.9. The summed E-state index contributed by atoms with van der Waals surface area (Å²) >= 11 is 1.15. The SMILES string of the molecule is CC(=O)Oc1ccc(C(=O)OC[C@]2(C(=O)OCc3ccccc3)[C@@H](C)S[C@H]3N2C(=O)[C@]3(N)NC=O)cc1OC(C)=O. The summed E-state index contributed by atoms with van der Waals surface area (Å²) in [5.41, 5.74) is 3.22. The van der Waals surface area contributed by atoms with Crippen molar-refractivity contribution in [3.05, 3.63) is 59.7 Å². The summed E-state index contributed by atoms with van der Waals surface area (Å²) in [4.78, 5) is 75.3. The van der Waals surface area contributed by atoms with Crippen LogP contribution >= 0.6 is 11.8 Å². The van der Waals surface area contributed by atoms with Gasteiger partial charge in [-0.2, -0.15) is 0 Å². The van der Waals surface area contributed by atoms with Crippen molar-refractivity contribution >= 4 is 48.0 Å². The van der Waals surface area contributed by atoms with Crippen molar-refractivity contribution in [1.29, 1.82) is 0 Å². The van der Waals surface area contributed by atoms with Crippen LogP contribution in [0.4, 0.5) is 0 Å². The van der Waals surface area contributed by atoms with E-state index in [2.05, 4.69) is 5.32 Å². The number of nitrogens with two attached hydrogens (primary N) is 1. The molecule has 41 heavy (non-hydrogen) atoms. The lowest BCUT2D eigenvalue weighted by Gasteiger charge is -2.53. The molecule has 0 aromatic heterocycles. The van der Waals surface area contributed by atoms with Crippen LogP contribution in [0.15, 0.2) is 48.5 Å². The maximum absolute atomic E-state index is 13.7. The first kappa shape index (κ1) is 29.6. The lowest BCUT2D eigenvalue weighted by Crippen LogP contribution is -2.85. The van der Waals surface area contributed by atoms with E-state index in [9.17, 15) is 28.8 Å². The minimum Gasteiger partial charge on any atom is -0.459 e. The van der Waals surface area contributed by atoms with Crippen molar-refractivity contribution < 1.29 is 47.7 Å². The molecule has 14 heteroatoms. The smallest absolute Gasteiger partial charge is 0.338 e. The van der Waals surface area contributed by atoms with Crippen LogP contribution in [0.2, 0.25) is 0 Å². The lowest BCUT2D eigenvalue weighted by molar-refractivity contribution is -0.184. The summed E-state index contributed by atoms with van der Waals surface area (Å²) in [7, 11) is 0. The zero-order valence-corrected chi connectivity index (χ0v) is 23.1. The van der Waals surface area contributed by atoms with Crippen LogP contribution in [0, 0.1) is 0 Å². The number of benzene rings is 2. The maximum Gasteiger partial charge on any atom is 0.338 e. The van der Waals surface area contributed by atoms with Gasteiger partial charge in [-0.15, -0.1) is 11.8 Å². The van der Waals surface area contributed by atoms with E-state index in [0.29, 0.717) is 12.0 Å². The van der Waals surface area contributed by atoms with Gasteiger partial charge in [0.05, 0.1) is 5.56 Å². The fourth-order valence-electron chi connectivity index (χ4n) is 4.57. The number of esters is 4. The topological polar surface area (TPSA) is 181 Å². The highest BCUT2D eigenvalue weighted by atomic mass is 32.2. The van der Waals surface area contributed by atoms with Gasteiger partial charge in [0, 0.05) is 19.1 Å². The molecule has 2 aromatic carbocycles. The van der Waals surface area contributed by atoms with Crippen LogP contribution < -0.4 is 20.5 Å². The molecule has 2 aliphatic rings. The molecule has 0 saturated carbocycles. The van der Waals surface area contributed by atoms with E-state index in [4.69, 9.17) is 24.7 Å². The summed E-state index contributed by atoms with van der Waals surface area (Å²) in [6.45, 7) is 3.22. The minimum atomic E-state index is -1.78.